The summed E-state index contributed by atoms with van der Waals surface area (Å²) in [5, 5.41) is 3.49. The van der Waals surface area contributed by atoms with Gasteiger partial charge in [-0.15, -0.1) is 0 Å². The summed E-state index contributed by atoms with van der Waals surface area (Å²) in [6, 6.07) is 19.5. The Labute approximate surface area is 163 Å². The molecular formula is C19H15N7OS. The van der Waals surface area contributed by atoms with Crippen LogP contribution >= 0.6 is 11.8 Å². The number of thioether (sulfide) groups is 1. The highest BCUT2D eigenvalue weighted by Gasteiger charge is 2.14. The van der Waals surface area contributed by atoms with E-state index in [4.69, 9.17) is 10.7 Å². The summed E-state index contributed by atoms with van der Waals surface area (Å²) >= 11 is 1.52. The first-order chi connectivity index (χ1) is 13.7. The van der Waals surface area contributed by atoms with Crippen molar-refractivity contribution in [3.05, 3.63) is 76.7 Å². The summed E-state index contributed by atoms with van der Waals surface area (Å²) in [6.45, 7) is 0. The van der Waals surface area contributed by atoms with Crippen LogP contribution in [0.25, 0.3) is 22.5 Å². The summed E-state index contributed by atoms with van der Waals surface area (Å²) in [4.78, 5) is 25.4. The lowest BCUT2D eigenvalue weighted by atomic mass is 10.3. The number of benzene rings is 2. The number of aromatic amines is 1. The predicted octanol–water partition coefficient (Wildman–Crippen LogP) is 2.63. The highest BCUT2D eigenvalue weighted by atomic mass is 32.2. The molecule has 0 saturated carbocycles. The van der Waals surface area contributed by atoms with Crippen molar-refractivity contribution in [3.63, 3.8) is 0 Å². The van der Waals surface area contributed by atoms with Gasteiger partial charge < -0.3 is 5.73 Å². The zero-order valence-corrected chi connectivity index (χ0v) is 15.4. The summed E-state index contributed by atoms with van der Waals surface area (Å²) < 4.78 is 3.33. The third-order valence-electron chi connectivity index (χ3n) is 4.29. The first-order valence-corrected chi connectivity index (χ1v) is 9.57. The van der Waals surface area contributed by atoms with E-state index in [1.165, 1.54) is 22.3 Å². The molecular weight excluding hydrogens is 374 g/mol. The fourth-order valence-corrected chi connectivity index (χ4v) is 4.00. The Morgan fingerprint density at radius 2 is 1.79 bits per heavy atom. The van der Waals surface area contributed by atoms with Crippen molar-refractivity contribution < 1.29 is 0 Å². The number of hydrogen-bond acceptors (Lipinski definition) is 6. The smallest absolute Gasteiger partial charge is 0.274 e. The molecule has 5 aromatic rings. The molecule has 0 aliphatic rings. The molecule has 2 aromatic carbocycles. The number of rotatable bonds is 4. The Bertz CT molecular complexity index is 1350. The quantitative estimate of drug-likeness (QED) is 0.458. The van der Waals surface area contributed by atoms with Gasteiger partial charge in [0, 0.05) is 17.5 Å². The van der Waals surface area contributed by atoms with E-state index in [2.05, 4.69) is 19.6 Å². The van der Waals surface area contributed by atoms with Crippen molar-refractivity contribution in [2.45, 2.75) is 10.9 Å². The Balaban J connectivity index is 1.55. The number of fused-ring (bicyclic) bond motifs is 2. The number of nitrogens with zero attached hydrogens (tertiary/aromatic N) is 5. The molecule has 3 aromatic heterocycles. The number of imidazole rings is 1. The minimum absolute atomic E-state index is 0.153. The average Bonchev–Trinajstić information content (AvgIpc) is 3.27. The van der Waals surface area contributed by atoms with Crippen molar-refractivity contribution in [2.75, 3.05) is 5.73 Å². The van der Waals surface area contributed by atoms with Gasteiger partial charge in [0.2, 0.25) is 5.95 Å². The summed E-state index contributed by atoms with van der Waals surface area (Å²) in [5.74, 6) is 0.895. The number of para-hydroxylation sites is 3. The minimum atomic E-state index is -0.249. The van der Waals surface area contributed by atoms with Crippen LogP contribution in [0.3, 0.4) is 0 Å². The lowest BCUT2D eigenvalue weighted by molar-refractivity contribution is 0.888. The molecule has 5 rings (SSSR count). The van der Waals surface area contributed by atoms with Gasteiger partial charge in [0.05, 0.1) is 16.7 Å². The van der Waals surface area contributed by atoms with Gasteiger partial charge in [0.25, 0.3) is 11.3 Å². The lowest BCUT2D eigenvalue weighted by Gasteiger charge is -2.08. The van der Waals surface area contributed by atoms with Crippen molar-refractivity contribution in [1.29, 1.82) is 0 Å². The van der Waals surface area contributed by atoms with Gasteiger partial charge in [-0.05, 0) is 24.3 Å². The Hall–Kier alpha value is -3.59. The van der Waals surface area contributed by atoms with E-state index in [-0.39, 0.29) is 17.3 Å². The molecule has 0 aliphatic heterocycles. The van der Waals surface area contributed by atoms with E-state index in [1.54, 1.807) is 0 Å². The third-order valence-corrected chi connectivity index (χ3v) is 5.27. The molecule has 3 heterocycles. The third kappa shape index (κ3) is 2.81. The van der Waals surface area contributed by atoms with Gasteiger partial charge in [-0.25, -0.2) is 9.97 Å². The van der Waals surface area contributed by atoms with Gasteiger partial charge in [0.1, 0.15) is 0 Å². The maximum Gasteiger partial charge on any atom is 0.274 e. The Morgan fingerprint density at radius 3 is 2.64 bits per heavy atom. The molecule has 0 saturated heterocycles. The monoisotopic (exact) mass is 389 g/mol. The van der Waals surface area contributed by atoms with Gasteiger partial charge >= 0.3 is 0 Å². The highest BCUT2D eigenvalue weighted by molar-refractivity contribution is 7.98. The summed E-state index contributed by atoms with van der Waals surface area (Å²) in [7, 11) is 0. The number of nitrogens with two attached hydrogens (primary N) is 1. The Kier molecular flexibility index (Phi) is 3.87. The van der Waals surface area contributed by atoms with Gasteiger partial charge in [-0.3, -0.25) is 14.5 Å². The zero-order chi connectivity index (χ0) is 19.1. The molecule has 0 unspecified atom stereocenters. The second kappa shape index (κ2) is 6.54. The van der Waals surface area contributed by atoms with Gasteiger partial charge in [-0.2, -0.15) is 9.50 Å². The SMILES string of the molecule is Nc1nc2nc(CSc3nc4ccccc4n3-c3ccccc3)cc(=O)n2[nH]1. The first kappa shape index (κ1) is 16.6. The van der Waals surface area contributed by atoms with E-state index in [1.807, 2.05) is 54.6 Å². The van der Waals surface area contributed by atoms with Crippen LogP contribution in [-0.4, -0.2) is 29.1 Å². The van der Waals surface area contributed by atoms with E-state index in [9.17, 15) is 4.79 Å². The van der Waals surface area contributed by atoms with Gasteiger partial charge in [0.15, 0.2) is 5.16 Å². The molecule has 3 N–H and O–H groups in total. The molecule has 0 spiro atoms. The fourth-order valence-electron chi connectivity index (χ4n) is 3.08. The molecule has 0 amide bonds. The van der Waals surface area contributed by atoms with Crippen molar-refractivity contribution in [3.8, 4) is 5.69 Å². The van der Waals surface area contributed by atoms with E-state index >= 15 is 0 Å². The number of nitrogen functional groups attached to an aromatic ring is 1. The van der Waals surface area contributed by atoms with Crippen molar-refractivity contribution >= 4 is 34.5 Å². The number of aromatic nitrogens is 6. The van der Waals surface area contributed by atoms with Crippen molar-refractivity contribution in [2.24, 2.45) is 0 Å². The van der Waals surface area contributed by atoms with Crippen LogP contribution in [0.2, 0.25) is 0 Å². The van der Waals surface area contributed by atoms with Crippen LogP contribution in [0, 0.1) is 0 Å². The number of hydrogen-bond donors (Lipinski definition) is 2. The van der Waals surface area contributed by atoms with Gasteiger partial charge in [-0.1, -0.05) is 42.1 Å². The maximum atomic E-state index is 12.2. The van der Waals surface area contributed by atoms with E-state index in [0.29, 0.717) is 11.4 Å². The van der Waals surface area contributed by atoms with Crippen molar-refractivity contribution in [1.82, 2.24) is 29.1 Å². The fraction of sp³-hybridized carbons (Fsp3) is 0.0526. The molecule has 0 aliphatic carbocycles. The number of nitrogens with one attached hydrogen (secondary N) is 1. The molecule has 9 heteroatoms. The van der Waals surface area contributed by atoms with Crippen LogP contribution in [-0.2, 0) is 5.75 Å². The zero-order valence-electron chi connectivity index (χ0n) is 14.6. The van der Waals surface area contributed by atoms with Crippen LogP contribution in [0.5, 0.6) is 0 Å². The molecule has 0 bridgehead atoms. The lowest BCUT2D eigenvalue weighted by Crippen LogP contribution is -2.15. The highest BCUT2D eigenvalue weighted by Crippen LogP contribution is 2.29. The molecule has 0 fully saturated rings. The van der Waals surface area contributed by atoms with E-state index < -0.39 is 0 Å². The molecule has 8 nitrogen and oxygen atoms in total. The molecule has 0 radical (unpaired) electrons. The Morgan fingerprint density at radius 1 is 1.00 bits per heavy atom. The predicted molar refractivity (Wildman–Crippen MR) is 109 cm³/mol. The second-order valence-corrected chi connectivity index (χ2v) is 7.12. The maximum absolute atomic E-state index is 12.2. The van der Waals surface area contributed by atoms with E-state index in [0.717, 1.165) is 21.9 Å². The van der Waals surface area contributed by atoms with Crippen LogP contribution in [0.4, 0.5) is 5.95 Å². The second-order valence-electron chi connectivity index (χ2n) is 6.17. The molecule has 0 atom stereocenters. The summed E-state index contributed by atoms with van der Waals surface area (Å²) in [6.07, 6.45) is 0. The standard InChI is InChI=1S/C19H15N7OS/c20-17-23-18-21-12(10-16(27)26(18)24-17)11-28-19-22-14-8-4-5-9-15(14)25(19)13-6-2-1-3-7-13/h1-10H,11H2,(H3,20,21,23,24). The molecule has 138 valence electrons. The normalized spacial score (nSPS) is 11.4. The number of anilines is 1. The van der Waals surface area contributed by atoms with Crippen LogP contribution < -0.4 is 11.3 Å². The molecule has 28 heavy (non-hydrogen) atoms. The summed E-state index contributed by atoms with van der Waals surface area (Å²) in [5.41, 5.74) is 8.96. The minimum Gasteiger partial charge on any atom is -0.368 e. The largest absolute Gasteiger partial charge is 0.368 e. The number of H-pyrrole nitrogens is 1. The first-order valence-electron chi connectivity index (χ1n) is 8.59. The van der Waals surface area contributed by atoms with Crippen LogP contribution in [0.1, 0.15) is 5.69 Å². The topological polar surface area (TPSA) is 107 Å². The van der Waals surface area contributed by atoms with Crippen LogP contribution in [0.15, 0.2) is 70.6 Å². The average molecular weight is 389 g/mol.